The number of hydrogen-bond donors (Lipinski definition) is 0. The molecule has 3 atom stereocenters. The standard InChI is InChI=1S/C14H24O3S/c1-2-3-4-5-6-7-8-18-13-9-11(15)14-16-10-12(13)17-14/h12-14H,2-10H2,1H3/t12-,13-,14-/m1/s1. The SMILES string of the molecule is CCCCCCCCS[C@@H]1CC(=O)[C@@H]2OC[C@H]1O2. The highest BCUT2D eigenvalue weighted by Gasteiger charge is 2.43. The Labute approximate surface area is 114 Å². The van der Waals surface area contributed by atoms with Crippen LogP contribution in [0.15, 0.2) is 0 Å². The first kappa shape index (κ1) is 14.4. The van der Waals surface area contributed by atoms with Crippen LogP contribution in [0.5, 0.6) is 0 Å². The molecule has 0 radical (unpaired) electrons. The second-order valence-corrected chi connectivity index (χ2v) is 6.53. The van der Waals surface area contributed by atoms with Gasteiger partial charge in [-0.25, -0.2) is 0 Å². The Kier molecular flexibility index (Phi) is 5.99. The third-order valence-corrected chi connectivity index (χ3v) is 5.04. The van der Waals surface area contributed by atoms with E-state index in [4.69, 9.17) is 9.47 Å². The lowest BCUT2D eigenvalue weighted by molar-refractivity contribution is -0.151. The van der Waals surface area contributed by atoms with Crippen LogP contribution < -0.4 is 0 Å². The second-order valence-electron chi connectivity index (χ2n) is 5.19. The summed E-state index contributed by atoms with van der Waals surface area (Å²) in [5.74, 6) is 1.28. The molecule has 0 N–H and O–H groups in total. The van der Waals surface area contributed by atoms with Crippen molar-refractivity contribution in [2.75, 3.05) is 12.4 Å². The van der Waals surface area contributed by atoms with Crippen LogP contribution >= 0.6 is 11.8 Å². The molecule has 0 aliphatic carbocycles. The van der Waals surface area contributed by atoms with Crippen molar-refractivity contribution in [3.63, 3.8) is 0 Å². The summed E-state index contributed by atoms with van der Waals surface area (Å²) in [5, 5.41) is 0.326. The van der Waals surface area contributed by atoms with Gasteiger partial charge in [0.25, 0.3) is 0 Å². The fourth-order valence-corrected chi connectivity index (χ4v) is 3.81. The third-order valence-electron chi connectivity index (χ3n) is 3.62. The largest absolute Gasteiger partial charge is 0.343 e. The first-order chi connectivity index (χ1) is 8.81. The van der Waals surface area contributed by atoms with Crippen LogP contribution in [-0.4, -0.2) is 35.8 Å². The summed E-state index contributed by atoms with van der Waals surface area (Å²) in [6.07, 6.45) is 8.20. The van der Waals surface area contributed by atoms with Crippen molar-refractivity contribution in [2.24, 2.45) is 0 Å². The molecule has 0 aromatic carbocycles. The van der Waals surface area contributed by atoms with Gasteiger partial charge in [0, 0.05) is 11.7 Å². The van der Waals surface area contributed by atoms with Gasteiger partial charge in [-0.2, -0.15) is 11.8 Å². The first-order valence-electron chi connectivity index (χ1n) is 7.22. The lowest BCUT2D eigenvalue weighted by Gasteiger charge is -2.25. The number of ketones is 1. The van der Waals surface area contributed by atoms with Gasteiger partial charge in [0.15, 0.2) is 5.78 Å². The van der Waals surface area contributed by atoms with Gasteiger partial charge >= 0.3 is 0 Å². The molecule has 2 aliphatic rings. The number of carbonyl (C=O) groups excluding carboxylic acids is 1. The van der Waals surface area contributed by atoms with Crippen molar-refractivity contribution in [3.05, 3.63) is 0 Å². The molecule has 2 heterocycles. The zero-order chi connectivity index (χ0) is 12.8. The fraction of sp³-hybridized carbons (Fsp3) is 0.929. The first-order valence-corrected chi connectivity index (χ1v) is 8.27. The summed E-state index contributed by atoms with van der Waals surface area (Å²) in [4.78, 5) is 11.6. The molecule has 2 bridgehead atoms. The fourth-order valence-electron chi connectivity index (χ4n) is 2.49. The van der Waals surface area contributed by atoms with Crippen LogP contribution in [-0.2, 0) is 14.3 Å². The quantitative estimate of drug-likeness (QED) is 0.636. The van der Waals surface area contributed by atoms with Gasteiger partial charge in [-0.1, -0.05) is 39.0 Å². The molecule has 0 saturated carbocycles. The molecule has 2 aliphatic heterocycles. The van der Waals surface area contributed by atoms with E-state index in [1.807, 2.05) is 11.8 Å². The molecular formula is C14H24O3S. The van der Waals surface area contributed by atoms with E-state index >= 15 is 0 Å². The van der Waals surface area contributed by atoms with Crippen molar-refractivity contribution in [3.8, 4) is 0 Å². The molecule has 0 amide bonds. The molecule has 2 rings (SSSR count). The van der Waals surface area contributed by atoms with Gasteiger partial charge in [0.1, 0.15) is 0 Å². The lowest BCUT2D eigenvalue weighted by Crippen LogP contribution is -2.37. The Morgan fingerprint density at radius 2 is 2.00 bits per heavy atom. The average Bonchev–Trinajstić information content (AvgIpc) is 2.80. The Morgan fingerprint density at radius 1 is 1.22 bits per heavy atom. The highest BCUT2D eigenvalue weighted by atomic mass is 32.2. The van der Waals surface area contributed by atoms with E-state index in [9.17, 15) is 4.79 Å². The maximum atomic E-state index is 11.6. The van der Waals surface area contributed by atoms with Crippen molar-refractivity contribution in [1.82, 2.24) is 0 Å². The topological polar surface area (TPSA) is 35.5 Å². The van der Waals surface area contributed by atoms with Crippen molar-refractivity contribution >= 4 is 17.5 Å². The van der Waals surface area contributed by atoms with E-state index in [0.29, 0.717) is 18.3 Å². The monoisotopic (exact) mass is 272 g/mol. The number of hydrogen-bond acceptors (Lipinski definition) is 4. The van der Waals surface area contributed by atoms with Gasteiger partial charge in [-0.15, -0.1) is 0 Å². The molecular weight excluding hydrogens is 248 g/mol. The van der Waals surface area contributed by atoms with Gasteiger partial charge in [0.2, 0.25) is 6.29 Å². The van der Waals surface area contributed by atoms with E-state index in [2.05, 4.69) is 6.92 Å². The van der Waals surface area contributed by atoms with E-state index in [0.717, 1.165) is 5.75 Å². The van der Waals surface area contributed by atoms with Gasteiger partial charge in [-0.3, -0.25) is 4.79 Å². The highest BCUT2D eigenvalue weighted by molar-refractivity contribution is 7.99. The molecule has 0 spiro atoms. The predicted octanol–water partition coefficient (Wildman–Crippen LogP) is 3.16. The number of Topliss-reactive ketones (excluding diaryl/α,β-unsaturated/α-hetero) is 1. The normalized spacial score (nSPS) is 30.9. The van der Waals surface area contributed by atoms with Crippen LogP contribution in [0.2, 0.25) is 0 Å². The maximum Gasteiger partial charge on any atom is 0.218 e. The summed E-state index contributed by atoms with van der Waals surface area (Å²) in [6.45, 7) is 2.84. The molecule has 2 fully saturated rings. The van der Waals surface area contributed by atoms with Crippen LogP contribution in [0.4, 0.5) is 0 Å². The summed E-state index contributed by atoms with van der Waals surface area (Å²) in [5.41, 5.74) is 0. The molecule has 3 nitrogen and oxygen atoms in total. The summed E-state index contributed by atoms with van der Waals surface area (Å²) in [6, 6.07) is 0. The smallest absolute Gasteiger partial charge is 0.218 e. The Hall–Kier alpha value is -0.0600. The van der Waals surface area contributed by atoms with Crippen molar-refractivity contribution < 1.29 is 14.3 Å². The van der Waals surface area contributed by atoms with E-state index in [1.165, 1.54) is 38.5 Å². The third kappa shape index (κ3) is 3.97. The number of rotatable bonds is 8. The number of unbranched alkanes of at least 4 members (excludes halogenated alkanes) is 5. The number of ether oxygens (including phenoxy) is 2. The average molecular weight is 272 g/mol. The molecule has 18 heavy (non-hydrogen) atoms. The second kappa shape index (κ2) is 7.51. The highest BCUT2D eigenvalue weighted by Crippen LogP contribution is 2.33. The van der Waals surface area contributed by atoms with Gasteiger partial charge in [-0.05, 0) is 12.2 Å². The summed E-state index contributed by atoms with van der Waals surface area (Å²) >= 11 is 1.90. The maximum absolute atomic E-state index is 11.6. The van der Waals surface area contributed by atoms with Crippen LogP contribution in [0.25, 0.3) is 0 Å². The molecule has 4 heteroatoms. The van der Waals surface area contributed by atoms with Crippen molar-refractivity contribution in [1.29, 1.82) is 0 Å². The summed E-state index contributed by atoms with van der Waals surface area (Å²) in [7, 11) is 0. The molecule has 2 saturated heterocycles. The Balaban J connectivity index is 1.55. The van der Waals surface area contributed by atoms with Crippen LogP contribution in [0.1, 0.15) is 51.9 Å². The minimum Gasteiger partial charge on any atom is -0.343 e. The Bertz CT molecular complexity index is 270. The van der Waals surface area contributed by atoms with E-state index in [-0.39, 0.29) is 11.9 Å². The zero-order valence-corrected chi connectivity index (χ0v) is 12.0. The minimum absolute atomic E-state index is 0.129. The molecule has 0 aromatic heterocycles. The molecule has 0 aromatic rings. The number of thioether (sulfide) groups is 1. The van der Waals surface area contributed by atoms with Gasteiger partial charge < -0.3 is 9.47 Å². The lowest BCUT2D eigenvalue weighted by atomic mass is 10.1. The zero-order valence-electron chi connectivity index (χ0n) is 11.2. The number of carbonyl (C=O) groups is 1. The van der Waals surface area contributed by atoms with E-state index < -0.39 is 6.29 Å². The van der Waals surface area contributed by atoms with Crippen molar-refractivity contribution in [2.45, 2.75) is 69.5 Å². The summed E-state index contributed by atoms with van der Waals surface area (Å²) < 4.78 is 10.8. The predicted molar refractivity (Wildman–Crippen MR) is 73.9 cm³/mol. The van der Waals surface area contributed by atoms with Crippen LogP contribution in [0, 0.1) is 0 Å². The number of fused-ring (bicyclic) bond motifs is 2. The molecule has 0 unspecified atom stereocenters. The Morgan fingerprint density at radius 3 is 2.83 bits per heavy atom. The van der Waals surface area contributed by atoms with Gasteiger partial charge in [0.05, 0.1) is 12.7 Å². The van der Waals surface area contributed by atoms with E-state index in [1.54, 1.807) is 0 Å². The minimum atomic E-state index is -0.541. The van der Waals surface area contributed by atoms with Crippen LogP contribution in [0.3, 0.4) is 0 Å². The molecule has 104 valence electrons.